The first-order valence-corrected chi connectivity index (χ1v) is 6.79. The summed E-state index contributed by atoms with van der Waals surface area (Å²) in [6.45, 7) is 3.22. The Bertz CT molecular complexity index is 451. The van der Waals surface area contributed by atoms with Gasteiger partial charge in [-0.2, -0.15) is 0 Å². The third kappa shape index (κ3) is 3.41. The highest BCUT2D eigenvalue weighted by molar-refractivity contribution is 6.31. The van der Waals surface area contributed by atoms with Crippen LogP contribution in [0.1, 0.15) is 35.2 Å². The van der Waals surface area contributed by atoms with Crippen molar-refractivity contribution in [1.82, 2.24) is 4.90 Å². The molecule has 1 aromatic rings. The third-order valence-corrected chi connectivity index (χ3v) is 4.07. The summed E-state index contributed by atoms with van der Waals surface area (Å²) < 4.78 is 0. The molecular weight excluding hydrogens is 283 g/mol. The third-order valence-electron chi connectivity index (χ3n) is 3.66. The smallest absolute Gasteiger partial charge is 0.254 e. The molecule has 0 spiro atoms. The highest BCUT2D eigenvalue weighted by Gasteiger charge is 2.27. The van der Waals surface area contributed by atoms with Crippen LogP contribution in [-0.2, 0) is 0 Å². The number of piperidine rings is 1. The van der Waals surface area contributed by atoms with Crippen LogP contribution in [0.2, 0.25) is 5.02 Å². The Morgan fingerprint density at radius 1 is 1.47 bits per heavy atom. The van der Waals surface area contributed by atoms with Crippen molar-refractivity contribution in [1.29, 1.82) is 0 Å². The van der Waals surface area contributed by atoms with E-state index in [1.54, 1.807) is 0 Å². The van der Waals surface area contributed by atoms with Gasteiger partial charge in [-0.25, -0.2) is 0 Å². The van der Waals surface area contributed by atoms with Crippen LogP contribution in [0.5, 0.6) is 0 Å². The molecule has 0 aromatic heterocycles. The molecule has 1 saturated heterocycles. The van der Waals surface area contributed by atoms with Gasteiger partial charge in [-0.1, -0.05) is 17.7 Å². The lowest BCUT2D eigenvalue weighted by atomic mass is 9.99. The number of carbonyl (C=O) groups excluding carboxylic acids is 1. The highest BCUT2D eigenvalue weighted by atomic mass is 35.5. The maximum Gasteiger partial charge on any atom is 0.254 e. The van der Waals surface area contributed by atoms with Crippen LogP contribution >= 0.6 is 24.0 Å². The number of halogens is 2. The Morgan fingerprint density at radius 2 is 2.21 bits per heavy atom. The first kappa shape index (κ1) is 16.3. The molecule has 19 heavy (non-hydrogen) atoms. The molecule has 106 valence electrons. The fourth-order valence-electron chi connectivity index (χ4n) is 2.51. The zero-order chi connectivity index (χ0) is 13.1. The zero-order valence-corrected chi connectivity index (χ0v) is 12.6. The van der Waals surface area contributed by atoms with E-state index < -0.39 is 0 Å². The molecule has 3 nitrogen and oxygen atoms in total. The second-order valence-electron chi connectivity index (χ2n) is 4.80. The Morgan fingerprint density at radius 3 is 2.89 bits per heavy atom. The van der Waals surface area contributed by atoms with Gasteiger partial charge < -0.3 is 10.6 Å². The molecular formula is C14H20Cl2N2O. The number of rotatable bonds is 2. The minimum atomic E-state index is 0. The number of amides is 1. The van der Waals surface area contributed by atoms with Gasteiger partial charge >= 0.3 is 0 Å². The number of carbonyl (C=O) groups is 1. The highest BCUT2D eigenvalue weighted by Crippen LogP contribution is 2.23. The van der Waals surface area contributed by atoms with E-state index in [0.717, 1.165) is 31.4 Å². The van der Waals surface area contributed by atoms with Crippen molar-refractivity contribution in [2.45, 2.75) is 32.2 Å². The van der Waals surface area contributed by atoms with Gasteiger partial charge in [0.15, 0.2) is 0 Å². The van der Waals surface area contributed by atoms with Crippen molar-refractivity contribution in [3.05, 3.63) is 34.3 Å². The van der Waals surface area contributed by atoms with Crippen LogP contribution < -0.4 is 5.73 Å². The number of benzene rings is 1. The van der Waals surface area contributed by atoms with Gasteiger partial charge in [0.2, 0.25) is 0 Å². The zero-order valence-electron chi connectivity index (χ0n) is 11.1. The van der Waals surface area contributed by atoms with Crippen LogP contribution in [0.4, 0.5) is 0 Å². The summed E-state index contributed by atoms with van der Waals surface area (Å²) in [6.07, 6.45) is 3.21. The van der Waals surface area contributed by atoms with E-state index in [9.17, 15) is 4.79 Å². The summed E-state index contributed by atoms with van der Waals surface area (Å²) in [6, 6.07) is 5.64. The number of nitrogens with zero attached hydrogens (tertiary/aromatic N) is 1. The molecule has 1 aromatic carbocycles. The van der Waals surface area contributed by atoms with Gasteiger partial charge in [0.25, 0.3) is 5.91 Å². The quantitative estimate of drug-likeness (QED) is 0.913. The monoisotopic (exact) mass is 302 g/mol. The summed E-state index contributed by atoms with van der Waals surface area (Å²) in [7, 11) is 0. The average Bonchev–Trinajstić information content (AvgIpc) is 2.41. The van der Waals surface area contributed by atoms with Gasteiger partial charge in [-0.15, -0.1) is 12.4 Å². The molecule has 2 rings (SSSR count). The Balaban J connectivity index is 0.00000180. The summed E-state index contributed by atoms with van der Waals surface area (Å²) >= 11 is 6.07. The van der Waals surface area contributed by atoms with Crippen molar-refractivity contribution in [2.75, 3.05) is 13.1 Å². The fourth-order valence-corrected chi connectivity index (χ4v) is 2.68. The van der Waals surface area contributed by atoms with E-state index in [2.05, 4.69) is 0 Å². The molecule has 0 aliphatic carbocycles. The molecule has 1 atom stereocenters. The minimum absolute atomic E-state index is 0. The topological polar surface area (TPSA) is 46.3 Å². The van der Waals surface area contributed by atoms with Crippen molar-refractivity contribution in [3.8, 4) is 0 Å². The van der Waals surface area contributed by atoms with Crippen LogP contribution in [0, 0.1) is 6.92 Å². The molecule has 1 amide bonds. The lowest BCUT2D eigenvalue weighted by Crippen LogP contribution is -2.47. The van der Waals surface area contributed by atoms with Crippen molar-refractivity contribution < 1.29 is 4.79 Å². The second-order valence-corrected chi connectivity index (χ2v) is 5.20. The van der Waals surface area contributed by atoms with Crippen molar-refractivity contribution >= 4 is 29.9 Å². The van der Waals surface area contributed by atoms with E-state index in [-0.39, 0.29) is 24.4 Å². The summed E-state index contributed by atoms with van der Waals surface area (Å²) in [5.41, 5.74) is 7.31. The first-order chi connectivity index (χ1) is 8.65. The molecule has 5 heteroatoms. The number of likely N-dealkylation sites (tertiary alicyclic amines) is 1. The number of hydrogen-bond donors (Lipinski definition) is 1. The van der Waals surface area contributed by atoms with Crippen LogP contribution in [0.15, 0.2) is 18.2 Å². The second kappa shape index (κ2) is 7.13. The predicted octanol–water partition coefficient (Wildman–Crippen LogP) is 3.02. The van der Waals surface area contributed by atoms with E-state index in [1.165, 1.54) is 0 Å². The van der Waals surface area contributed by atoms with Gasteiger partial charge in [0, 0.05) is 29.7 Å². The molecule has 0 bridgehead atoms. The van der Waals surface area contributed by atoms with Gasteiger partial charge in [0.1, 0.15) is 0 Å². The average molecular weight is 303 g/mol. The number of nitrogens with two attached hydrogens (primary N) is 1. The van der Waals surface area contributed by atoms with E-state index >= 15 is 0 Å². The standard InChI is InChI=1S/C14H19ClN2O.ClH/c1-10-12(6-4-7-13(10)15)14(18)17-8-3-2-5-11(17)9-16;/h4,6-7,11H,2-3,5,8-9,16H2,1H3;1H. The normalized spacial score (nSPS) is 18.9. The Labute approximate surface area is 125 Å². The Hall–Kier alpha value is -0.770. The molecule has 1 aliphatic rings. The van der Waals surface area contributed by atoms with Crippen LogP contribution in [0.25, 0.3) is 0 Å². The maximum absolute atomic E-state index is 12.6. The summed E-state index contributed by atoms with van der Waals surface area (Å²) in [4.78, 5) is 14.5. The van der Waals surface area contributed by atoms with E-state index in [0.29, 0.717) is 17.1 Å². The van der Waals surface area contributed by atoms with Gasteiger partial charge in [-0.05, 0) is 43.9 Å². The molecule has 0 saturated carbocycles. The lowest BCUT2D eigenvalue weighted by Gasteiger charge is -2.35. The van der Waals surface area contributed by atoms with Crippen molar-refractivity contribution in [3.63, 3.8) is 0 Å². The van der Waals surface area contributed by atoms with Crippen molar-refractivity contribution in [2.24, 2.45) is 5.73 Å². The van der Waals surface area contributed by atoms with Gasteiger partial charge in [0.05, 0.1) is 0 Å². The summed E-state index contributed by atoms with van der Waals surface area (Å²) in [5.74, 6) is 0.0603. The molecule has 1 aliphatic heterocycles. The first-order valence-electron chi connectivity index (χ1n) is 6.41. The molecule has 2 N–H and O–H groups in total. The predicted molar refractivity (Wildman–Crippen MR) is 81.2 cm³/mol. The van der Waals surface area contributed by atoms with Crippen LogP contribution in [0.3, 0.4) is 0 Å². The van der Waals surface area contributed by atoms with E-state index in [4.69, 9.17) is 17.3 Å². The van der Waals surface area contributed by atoms with Gasteiger partial charge in [-0.3, -0.25) is 4.79 Å². The Kier molecular flexibility index (Phi) is 6.11. The molecule has 1 unspecified atom stereocenters. The lowest BCUT2D eigenvalue weighted by molar-refractivity contribution is 0.0622. The molecule has 0 radical (unpaired) electrons. The maximum atomic E-state index is 12.6. The molecule has 1 heterocycles. The SMILES string of the molecule is Cc1c(Cl)cccc1C(=O)N1CCCCC1CN.Cl. The van der Waals surface area contributed by atoms with E-state index in [1.807, 2.05) is 30.0 Å². The molecule has 1 fully saturated rings. The van der Waals surface area contributed by atoms with Crippen LogP contribution in [-0.4, -0.2) is 29.9 Å². The largest absolute Gasteiger partial charge is 0.334 e. The summed E-state index contributed by atoms with van der Waals surface area (Å²) in [5, 5.41) is 0.641. The fraction of sp³-hybridized carbons (Fsp3) is 0.500. The number of hydrogen-bond acceptors (Lipinski definition) is 2. The minimum Gasteiger partial charge on any atom is -0.334 e.